The van der Waals surface area contributed by atoms with Crippen LogP contribution in [0.5, 0.6) is 0 Å². The number of nitrogens with zero attached hydrogens (tertiary/aromatic N) is 2. The molecule has 2 aliphatic heterocycles. The van der Waals surface area contributed by atoms with Crippen LogP contribution < -0.4 is 5.32 Å². The van der Waals surface area contributed by atoms with Gasteiger partial charge < -0.3 is 15.1 Å². The smallest absolute Gasteiger partial charge is 0.236 e. The van der Waals surface area contributed by atoms with Gasteiger partial charge in [-0.3, -0.25) is 4.79 Å². The zero-order chi connectivity index (χ0) is 13.1. The van der Waals surface area contributed by atoms with Crippen molar-refractivity contribution in [1.82, 2.24) is 15.1 Å². The largest absolute Gasteiger partial charge is 0.341 e. The summed E-state index contributed by atoms with van der Waals surface area (Å²) >= 11 is 0. The van der Waals surface area contributed by atoms with Gasteiger partial charge in [0.2, 0.25) is 5.91 Å². The molecular formula is C14H27N3O. The highest BCUT2D eigenvalue weighted by Crippen LogP contribution is 2.29. The first-order chi connectivity index (χ1) is 8.58. The molecule has 104 valence electrons. The third kappa shape index (κ3) is 3.23. The van der Waals surface area contributed by atoms with Crippen LogP contribution in [0, 0.1) is 5.92 Å². The summed E-state index contributed by atoms with van der Waals surface area (Å²) in [6, 6.07) is 1.09. The topological polar surface area (TPSA) is 35.6 Å². The van der Waals surface area contributed by atoms with Crippen LogP contribution >= 0.6 is 0 Å². The predicted molar refractivity (Wildman–Crippen MR) is 73.5 cm³/mol. The zero-order valence-electron chi connectivity index (χ0n) is 12.0. The van der Waals surface area contributed by atoms with Crippen LogP contribution in [0.4, 0.5) is 0 Å². The molecule has 0 saturated carbocycles. The van der Waals surface area contributed by atoms with Crippen LogP contribution in [0.3, 0.4) is 0 Å². The molecular weight excluding hydrogens is 226 g/mol. The molecule has 18 heavy (non-hydrogen) atoms. The number of hydrogen-bond donors (Lipinski definition) is 1. The van der Waals surface area contributed by atoms with Gasteiger partial charge in [0, 0.05) is 25.2 Å². The van der Waals surface area contributed by atoms with Gasteiger partial charge in [-0.2, -0.15) is 0 Å². The third-order valence-corrected chi connectivity index (χ3v) is 4.36. The maximum absolute atomic E-state index is 12.1. The van der Waals surface area contributed by atoms with E-state index in [2.05, 4.69) is 36.0 Å². The highest BCUT2D eigenvalue weighted by Gasteiger charge is 2.35. The first-order valence-corrected chi connectivity index (χ1v) is 7.29. The molecule has 2 atom stereocenters. The molecule has 0 aliphatic carbocycles. The minimum Gasteiger partial charge on any atom is -0.341 e. The van der Waals surface area contributed by atoms with Crippen LogP contribution in [0.15, 0.2) is 0 Å². The van der Waals surface area contributed by atoms with Gasteiger partial charge in [0.25, 0.3) is 0 Å². The summed E-state index contributed by atoms with van der Waals surface area (Å²) in [5, 5.41) is 3.22. The summed E-state index contributed by atoms with van der Waals surface area (Å²) in [6.45, 7) is 7.78. The lowest BCUT2D eigenvalue weighted by Gasteiger charge is -2.46. The number of fused-ring (bicyclic) bond motifs is 1. The van der Waals surface area contributed by atoms with E-state index in [1.54, 1.807) is 0 Å². The molecule has 0 spiro atoms. The van der Waals surface area contributed by atoms with Gasteiger partial charge >= 0.3 is 0 Å². The third-order valence-electron chi connectivity index (χ3n) is 4.36. The van der Waals surface area contributed by atoms with Crippen molar-refractivity contribution in [2.45, 2.75) is 45.2 Å². The number of carbonyl (C=O) groups is 1. The fourth-order valence-electron chi connectivity index (χ4n) is 3.28. The van der Waals surface area contributed by atoms with Gasteiger partial charge in [-0.15, -0.1) is 0 Å². The molecule has 2 heterocycles. The minimum atomic E-state index is 0.273. The van der Waals surface area contributed by atoms with Crippen molar-refractivity contribution in [3.8, 4) is 0 Å². The highest BCUT2D eigenvalue weighted by atomic mass is 16.2. The Labute approximate surface area is 111 Å². The van der Waals surface area contributed by atoms with E-state index in [1.807, 2.05) is 0 Å². The maximum atomic E-state index is 12.1. The number of likely N-dealkylation sites (tertiary alicyclic amines) is 2. The van der Waals surface area contributed by atoms with Gasteiger partial charge in [0.15, 0.2) is 0 Å². The Balaban J connectivity index is 1.84. The summed E-state index contributed by atoms with van der Waals surface area (Å²) in [5.41, 5.74) is 0. The van der Waals surface area contributed by atoms with Gasteiger partial charge in [-0.1, -0.05) is 13.8 Å². The molecule has 0 radical (unpaired) electrons. The summed E-state index contributed by atoms with van der Waals surface area (Å²) in [6.07, 6.45) is 3.72. The Morgan fingerprint density at radius 1 is 1.33 bits per heavy atom. The van der Waals surface area contributed by atoms with Crippen LogP contribution in [0.1, 0.15) is 33.1 Å². The number of rotatable bonds is 3. The molecule has 4 heteroatoms. The zero-order valence-corrected chi connectivity index (χ0v) is 12.0. The van der Waals surface area contributed by atoms with Crippen molar-refractivity contribution in [3.05, 3.63) is 0 Å². The van der Waals surface area contributed by atoms with Crippen molar-refractivity contribution in [1.29, 1.82) is 0 Å². The van der Waals surface area contributed by atoms with Gasteiger partial charge in [0.1, 0.15) is 0 Å². The molecule has 0 aromatic carbocycles. The highest BCUT2D eigenvalue weighted by molar-refractivity contribution is 5.78. The van der Waals surface area contributed by atoms with Crippen LogP contribution in [0.25, 0.3) is 0 Å². The molecule has 2 fully saturated rings. The van der Waals surface area contributed by atoms with E-state index in [0.717, 1.165) is 19.5 Å². The molecule has 2 aliphatic rings. The Bertz CT molecular complexity index is 293. The van der Waals surface area contributed by atoms with E-state index < -0.39 is 0 Å². The van der Waals surface area contributed by atoms with Crippen molar-refractivity contribution in [3.63, 3.8) is 0 Å². The Morgan fingerprint density at radius 3 is 2.83 bits per heavy atom. The number of hydrogen-bond acceptors (Lipinski definition) is 3. The van der Waals surface area contributed by atoms with E-state index in [1.165, 1.54) is 19.4 Å². The monoisotopic (exact) mass is 253 g/mol. The fourth-order valence-corrected chi connectivity index (χ4v) is 3.28. The quantitative estimate of drug-likeness (QED) is 0.812. The average Bonchev–Trinajstić information content (AvgIpc) is 2.35. The number of piperidine rings is 2. The molecule has 2 rings (SSSR count). The summed E-state index contributed by atoms with van der Waals surface area (Å²) in [5.74, 6) is 0.968. The predicted octanol–water partition coefficient (Wildman–Crippen LogP) is 0.927. The Kier molecular flexibility index (Phi) is 4.62. The second kappa shape index (κ2) is 6.02. The van der Waals surface area contributed by atoms with E-state index >= 15 is 0 Å². The van der Waals surface area contributed by atoms with E-state index in [0.29, 0.717) is 24.5 Å². The van der Waals surface area contributed by atoms with Crippen LogP contribution in [-0.4, -0.2) is 61.0 Å². The van der Waals surface area contributed by atoms with E-state index in [4.69, 9.17) is 0 Å². The van der Waals surface area contributed by atoms with Gasteiger partial charge in [0.05, 0.1) is 6.54 Å². The molecule has 0 bridgehead atoms. The van der Waals surface area contributed by atoms with Crippen LogP contribution in [0.2, 0.25) is 0 Å². The van der Waals surface area contributed by atoms with E-state index in [-0.39, 0.29) is 5.91 Å². The Hall–Kier alpha value is -0.610. The minimum absolute atomic E-state index is 0.273. The molecule has 1 amide bonds. The fraction of sp³-hybridized carbons (Fsp3) is 0.929. The molecule has 0 aromatic heterocycles. The SMILES string of the molecule is CC(C)NCC(=O)N1CCC2C(CCCN2C)C1. The van der Waals surface area contributed by atoms with Crippen LogP contribution in [-0.2, 0) is 4.79 Å². The van der Waals surface area contributed by atoms with Gasteiger partial charge in [-0.05, 0) is 38.8 Å². The molecule has 4 nitrogen and oxygen atoms in total. The van der Waals surface area contributed by atoms with Crippen molar-refractivity contribution < 1.29 is 4.79 Å². The molecule has 2 unspecified atom stereocenters. The summed E-state index contributed by atoms with van der Waals surface area (Å²) in [7, 11) is 2.23. The number of amides is 1. The lowest BCUT2D eigenvalue weighted by Crippen LogP contribution is -2.55. The first kappa shape index (κ1) is 13.8. The average molecular weight is 253 g/mol. The molecule has 1 N–H and O–H groups in total. The standard InChI is InChI=1S/C14H27N3O/c1-11(2)15-9-14(18)17-8-6-13-12(10-17)5-4-7-16(13)3/h11-13,15H,4-10H2,1-3H3. The molecule has 2 saturated heterocycles. The Morgan fingerprint density at radius 2 is 2.11 bits per heavy atom. The van der Waals surface area contributed by atoms with Crippen molar-refractivity contribution in [2.75, 3.05) is 33.2 Å². The lowest BCUT2D eigenvalue weighted by atomic mass is 9.84. The van der Waals surface area contributed by atoms with Crippen molar-refractivity contribution >= 4 is 5.91 Å². The molecule has 0 aromatic rings. The summed E-state index contributed by atoms with van der Waals surface area (Å²) in [4.78, 5) is 16.7. The number of carbonyl (C=O) groups excluding carboxylic acids is 1. The maximum Gasteiger partial charge on any atom is 0.236 e. The first-order valence-electron chi connectivity index (χ1n) is 7.29. The van der Waals surface area contributed by atoms with Gasteiger partial charge in [-0.25, -0.2) is 0 Å². The number of nitrogens with one attached hydrogen (secondary N) is 1. The second-order valence-electron chi connectivity index (χ2n) is 6.11. The second-order valence-corrected chi connectivity index (χ2v) is 6.11. The lowest BCUT2D eigenvalue weighted by molar-refractivity contribution is -0.133. The van der Waals surface area contributed by atoms with Crippen molar-refractivity contribution in [2.24, 2.45) is 5.92 Å². The normalized spacial score (nSPS) is 29.4. The summed E-state index contributed by atoms with van der Waals surface area (Å²) < 4.78 is 0. The van der Waals surface area contributed by atoms with E-state index in [9.17, 15) is 4.79 Å².